The molecule has 0 bridgehead atoms. The second-order valence-electron chi connectivity index (χ2n) is 6.04. The number of hydrogen-bond acceptors (Lipinski definition) is 5. The Balaban J connectivity index is 0.00000480. The Labute approximate surface area is 196 Å². The molecule has 0 spiro atoms. The van der Waals surface area contributed by atoms with E-state index < -0.39 is 11.7 Å². The van der Waals surface area contributed by atoms with E-state index in [0.29, 0.717) is 37.1 Å². The minimum Gasteiger partial charge on any atom is -0.493 e. The summed E-state index contributed by atoms with van der Waals surface area (Å²) in [6, 6.07) is 7.69. The normalized spacial score (nSPS) is 11.4. The summed E-state index contributed by atoms with van der Waals surface area (Å²) >= 11 is 0. The van der Waals surface area contributed by atoms with Crippen molar-refractivity contribution in [2.24, 2.45) is 4.99 Å². The molecular formula is C20H26F3IN4O3. The van der Waals surface area contributed by atoms with Gasteiger partial charge in [-0.3, -0.25) is 0 Å². The van der Waals surface area contributed by atoms with Crippen LogP contribution in [0, 0.1) is 0 Å². The van der Waals surface area contributed by atoms with Crippen molar-refractivity contribution < 1.29 is 27.4 Å². The summed E-state index contributed by atoms with van der Waals surface area (Å²) in [6.45, 7) is 3.62. The smallest absolute Gasteiger partial charge is 0.417 e. The lowest BCUT2D eigenvalue weighted by atomic mass is 10.2. The van der Waals surface area contributed by atoms with Crippen molar-refractivity contribution in [1.29, 1.82) is 0 Å². The first-order chi connectivity index (χ1) is 14.4. The van der Waals surface area contributed by atoms with Crippen LogP contribution >= 0.6 is 24.0 Å². The van der Waals surface area contributed by atoms with Crippen molar-refractivity contribution >= 4 is 29.9 Å². The number of methoxy groups -OCH3 is 2. The van der Waals surface area contributed by atoms with Crippen LogP contribution in [-0.4, -0.2) is 44.9 Å². The number of aliphatic imine (C=N–C) groups is 1. The molecule has 2 rings (SSSR count). The molecule has 2 N–H and O–H groups in total. The molecular weight excluding hydrogens is 528 g/mol. The predicted molar refractivity (Wildman–Crippen MR) is 123 cm³/mol. The van der Waals surface area contributed by atoms with Crippen molar-refractivity contribution in [3.63, 3.8) is 0 Å². The van der Waals surface area contributed by atoms with Crippen LogP contribution in [-0.2, 0) is 12.7 Å². The van der Waals surface area contributed by atoms with Crippen molar-refractivity contribution in [3.8, 4) is 17.4 Å². The summed E-state index contributed by atoms with van der Waals surface area (Å²) in [4.78, 5) is 8.17. The average Bonchev–Trinajstić information content (AvgIpc) is 2.74. The Morgan fingerprint density at radius 1 is 1.06 bits per heavy atom. The van der Waals surface area contributed by atoms with E-state index >= 15 is 0 Å². The third kappa shape index (κ3) is 8.67. The highest BCUT2D eigenvalue weighted by molar-refractivity contribution is 14.0. The quantitative estimate of drug-likeness (QED) is 0.212. The monoisotopic (exact) mass is 554 g/mol. The molecule has 0 saturated heterocycles. The van der Waals surface area contributed by atoms with Gasteiger partial charge in [-0.05, 0) is 30.7 Å². The van der Waals surface area contributed by atoms with Crippen LogP contribution in [0.25, 0.3) is 0 Å². The van der Waals surface area contributed by atoms with Gasteiger partial charge in [0.15, 0.2) is 17.5 Å². The van der Waals surface area contributed by atoms with Crippen molar-refractivity contribution in [2.75, 3.05) is 33.9 Å². The Bertz CT molecular complexity index is 833. The number of guanidine groups is 1. The van der Waals surface area contributed by atoms with E-state index in [2.05, 4.69) is 20.6 Å². The molecule has 11 heteroatoms. The van der Waals surface area contributed by atoms with Gasteiger partial charge in [-0.25, -0.2) is 9.98 Å². The van der Waals surface area contributed by atoms with Gasteiger partial charge in [-0.1, -0.05) is 6.07 Å². The first-order valence-corrected chi connectivity index (χ1v) is 9.26. The van der Waals surface area contributed by atoms with Gasteiger partial charge in [-0.15, -0.1) is 24.0 Å². The highest BCUT2D eigenvalue weighted by Gasteiger charge is 2.30. The van der Waals surface area contributed by atoms with Gasteiger partial charge in [0.2, 0.25) is 5.88 Å². The van der Waals surface area contributed by atoms with Gasteiger partial charge in [0.1, 0.15) is 6.61 Å². The summed E-state index contributed by atoms with van der Waals surface area (Å²) in [5.74, 6) is 1.97. The average molecular weight is 554 g/mol. The number of pyridine rings is 1. The van der Waals surface area contributed by atoms with E-state index in [1.807, 2.05) is 25.1 Å². The molecule has 0 amide bonds. The Hall–Kier alpha value is -2.44. The molecule has 0 aliphatic rings. The van der Waals surface area contributed by atoms with Crippen molar-refractivity contribution in [2.45, 2.75) is 19.6 Å². The molecule has 2 aromatic rings. The van der Waals surface area contributed by atoms with E-state index in [-0.39, 0.29) is 36.5 Å². The Morgan fingerprint density at radius 3 is 2.39 bits per heavy atom. The second-order valence-corrected chi connectivity index (χ2v) is 6.04. The molecule has 0 fully saturated rings. The topological polar surface area (TPSA) is 77.0 Å². The highest BCUT2D eigenvalue weighted by Crippen LogP contribution is 2.29. The van der Waals surface area contributed by atoms with Crippen LogP contribution in [0.4, 0.5) is 13.2 Å². The van der Waals surface area contributed by atoms with Gasteiger partial charge >= 0.3 is 6.18 Å². The van der Waals surface area contributed by atoms with Crippen molar-refractivity contribution in [3.05, 3.63) is 47.7 Å². The zero-order valence-electron chi connectivity index (χ0n) is 17.5. The molecule has 0 aliphatic carbocycles. The fourth-order valence-electron chi connectivity index (χ4n) is 2.45. The summed E-state index contributed by atoms with van der Waals surface area (Å²) in [5, 5.41) is 6.21. The number of aromatic nitrogens is 1. The van der Waals surface area contributed by atoms with Crippen LogP contribution < -0.4 is 24.8 Å². The first kappa shape index (κ1) is 26.6. The second kappa shape index (κ2) is 13.1. The molecule has 1 aromatic carbocycles. The van der Waals surface area contributed by atoms with E-state index in [0.717, 1.165) is 17.8 Å². The molecule has 0 radical (unpaired) electrons. The molecule has 1 heterocycles. The lowest BCUT2D eigenvalue weighted by Crippen LogP contribution is -2.39. The fourth-order valence-corrected chi connectivity index (χ4v) is 2.45. The molecule has 0 atom stereocenters. The molecule has 172 valence electrons. The predicted octanol–water partition coefficient (Wildman–Crippen LogP) is 3.87. The Morgan fingerprint density at radius 2 is 1.81 bits per heavy atom. The van der Waals surface area contributed by atoms with Crippen LogP contribution in [0.1, 0.15) is 18.1 Å². The van der Waals surface area contributed by atoms with Gasteiger partial charge in [-0.2, -0.15) is 13.2 Å². The molecule has 0 aliphatic heterocycles. The number of hydrogen-bond donors (Lipinski definition) is 2. The van der Waals surface area contributed by atoms with Crippen molar-refractivity contribution in [1.82, 2.24) is 15.6 Å². The zero-order chi connectivity index (χ0) is 22.0. The largest absolute Gasteiger partial charge is 0.493 e. The van der Waals surface area contributed by atoms with Gasteiger partial charge in [0.05, 0.1) is 32.9 Å². The molecule has 1 aromatic heterocycles. The Kier molecular flexibility index (Phi) is 11.2. The molecule has 31 heavy (non-hydrogen) atoms. The third-order valence-electron chi connectivity index (χ3n) is 3.92. The lowest BCUT2D eigenvalue weighted by Gasteiger charge is -2.13. The summed E-state index contributed by atoms with van der Waals surface area (Å²) in [6.07, 6.45) is -3.67. The minimum atomic E-state index is -4.42. The number of rotatable bonds is 9. The summed E-state index contributed by atoms with van der Waals surface area (Å²) in [7, 11) is 3.15. The minimum absolute atomic E-state index is 0. The number of halogens is 4. The standard InChI is InChI=1S/C20H25F3N4O3.HI/c1-4-24-19(27-12-14-5-7-16(28-2)17(11-14)29-3)25-9-10-30-18-8-6-15(13-26-18)20(21,22)23;/h5-8,11,13H,4,9-10,12H2,1-3H3,(H2,24,25,27);1H. The summed E-state index contributed by atoms with van der Waals surface area (Å²) < 4.78 is 53.5. The highest BCUT2D eigenvalue weighted by atomic mass is 127. The number of nitrogens with one attached hydrogen (secondary N) is 2. The first-order valence-electron chi connectivity index (χ1n) is 9.26. The fraction of sp³-hybridized carbons (Fsp3) is 0.400. The van der Waals surface area contributed by atoms with Crippen LogP contribution in [0.5, 0.6) is 17.4 Å². The zero-order valence-corrected chi connectivity index (χ0v) is 19.8. The van der Waals surface area contributed by atoms with E-state index in [1.54, 1.807) is 14.2 Å². The number of alkyl halides is 3. The number of benzene rings is 1. The molecule has 0 unspecified atom stereocenters. The van der Waals surface area contributed by atoms with E-state index in [1.165, 1.54) is 6.07 Å². The number of ether oxygens (including phenoxy) is 3. The SMILES string of the molecule is CCNC(=NCc1ccc(OC)c(OC)c1)NCCOc1ccc(C(F)(F)F)cn1.I. The molecule has 7 nitrogen and oxygen atoms in total. The third-order valence-corrected chi connectivity index (χ3v) is 3.92. The number of nitrogens with zero attached hydrogens (tertiary/aromatic N) is 2. The van der Waals surface area contributed by atoms with E-state index in [4.69, 9.17) is 14.2 Å². The van der Waals surface area contributed by atoms with Crippen LogP contribution in [0.15, 0.2) is 41.5 Å². The maximum atomic E-state index is 12.5. The maximum absolute atomic E-state index is 12.5. The van der Waals surface area contributed by atoms with Gasteiger partial charge in [0, 0.05) is 18.8 Å². The molecule has 0 saturated carbocycles. The van der Waals surface area contributed by atoms with Crippen LogP contribution in [0.3, 0.4) is 0 Å². The van der Waals surface area contributed by atoms with Gasteiger partial charge in [0.25, 0.3) is 0 Å². The van der Waals surface area contributed by atoms with Crippen LogP contribution in [0.2, 0.25) is 0 Å². The van der Waals surface area contributed by atoms with E-state index in [9.17, 15) is 13.2 Å². The lowest BCUT2D eigenvalue weighted by molar-refractivity contribution is -0.137. The summed E-state index contributed by atoms with van der Waals surface area (Å²) in [5.41, 5.74) is 0.125. The van der Waals surface area contributed by atoms with Gasteiger partial charge < -0.3 is 24.8 Å². The maximum Gasteiger partial charge on any atom is 0.417 e.